The van der Waals surface area contributed by atoms with Crippen molar-refractivity contribution in [2.75, 3.05) is 31.5 Å². The van der Waals surface area contributed by atoms with Crippen molar-refractivity contribution in [3.8, 4) is 0 Å². The molecule has 3 heterocycles. The van der Waals surface area contributed by atoms with Gasteiger partial charge in [0.2, 0.25) is 5.91 Å². The second-order valence-electron chi connectivity index (χ2n) is 8.64. The second kappa shape index (κ2) is 9.90. The summed E-state index contributed by atoms with van der Waals surface area (Å²) in [5.74, 6) is -1.08. The van der Waals surface area contributed by atoms with Gasteiger partial charge in [0.25, 0.3) is 15.9 Å². The molecule has 0 saturated carbocycles. The van der Waals surface area contributed by atoms with E-state index in [1.54, 1.807) is 29.3 Å². The summed E-state index contributed by atoms with van der Waals surface area (Å²) in [5, 5.41) is 4.34. The number of anilines is 1. The highest BCUT2D eigenvalue weighted by atomic mass is 32.2. The van der Waals surface area contributed by atoms with E-state index in [2.05, 4.69) is 5.32 Å². The molecular weight excluding hydrogens is 465 g/mol. The summed E-state index contributed by atoms with van der Waals surface area (Å²) in [6, 6.07) is 6.01. The fourth-order valence-corrected chi connectivity index (χ4v) is 7.02. The number of halogens is 1. The lowest BCUT2D eigenvalue weighted by atomic mass is 9.97. The normalized spacial score (nSPS) is 18.3. The van der Waals surface area contributed by atoms with Crippen molar-refractivity contribution in [2.24, 2.45) is 5.92 Å². The molecule has 1 N–H and O–H groups in total. The fourth-order valence-electron chi connectivity index (χ4n) is 4.24. The maximum Gasteiger partial charge on any atom is 0.254 e. The Labute approximate surface area is 197 Å². The molecule has 0 bridgehead atoms. The van der Waals surface area contributed by atoms with Crippen molar-refractivity contribution in [3.63, 3.8) is 0 Å². The monoisotopic (exact) mass is 493 g/mol. The zero-order valence-corrected chi connectivity index (χ0v) is 20.2. The van der Waals surface area contributed by atoms with Gasteiger partial charge in [0.1, 0.15) is 10.0 Å². The lowest BCUT2D eigenvalue weighted by Gasteiger charge is -2.30. The first-order valence-electron chi connectivity index (χ1n) is 11.2. The molecule has 10 heteroatoms. The zero-order chi connectivity index (χ0) is 23.6. The van der Waals surface area contributed by atoms with Crippen LogP contribution in [0.25, 0.3) is 0 Å². The fraction of sp³-hybridized carbons (Fsp3) is 0.478. The van der Waals surface area contributed by atoms with E-state index in [1.807, 2.05) is 0 Å². The minimum Gasteiger partial charge on any atom is -0.339 e. The van der Waals surface area contributed by atoms with E-state index in [0.717, 1.165) is 30.6 Å². The molecule has 0 atom stereocenters. The highest BCUT2D eigenvalue weighted by Crippen LogP contribution is 2.29. The van der Waals surface area contributed by atoms with E-state index in [4.69, 9.17) is 0 Å². The van der Waals surface area contributed by atoms with Crippen LogP contribution in [0.4, 0.5) is 10.1 Å². The molecule has 1 aromatic heterocycles. The molecule has 2 fully saturated rings. The van der Waals surface area contributed by atoms with Gasteiger partial charge in [-0.2, -0.15) is 4.31 Å². The number of piperidine rings is 2. The number of nitrogens with zero attached hydrogens (tertiary/aromatic N) is 2. The molecule has 2 saturated heterocycles. The Kier molecular flexibility index (Phi) is 7.16. The SMILES string of the molecule is Cc1ccc(NC(=O)C2CCN(S(=O)(=O)c3cc(C(=O)N4CCCCC4)cs3)CC2)cc1F. The predicted octanol–water partition coefficient (Wildman–Crippen LogP) is 3.86. The Hall–Kier alpha value is -2.30. The Balaban J connectivity index is 1.36. The van der Waals surface area contributed by atoms with Crippen LogP contribution in [0.5, 0.6) is 0 Å². The Morgan fingerprint density at radius 3 is 2.42 bits per heavy atom. The number of benzene rings is 1. The number of carbonyl (C=O) groups excluding carboxylic acids is 2. The number of nitrogens with one attached hydrogen (secondary N) is 1. The maximum absolute atomic E-state index is 13.7. The molecule has 2 amide bonds. The molecule has 0 unspecified atom stereocenters. The first-order valence-corrected chi connectivity index (χ1v) is 13.5. The predicted molar refractivity (Wildman–Crippen MR) is 125 cm³/mol. The number of sulfonamides is 1. The average molecular weight is 494 g/mol. The number of carbonyl (C=O) groups is 2. The zero-order valence-electron chi connectivity index (χ0n) is 18.5. The lowest BCUT2D eigenvalue weighted by molar-refractivity contribution is -0.120. The van der Waals surface area contributed by atoms with E-state index in [1.165, 1.54) is 16.4 Å². The van der Waals surface area contributed by atoms with Crippen LogP contribution in [0.1, 0.15) is 48.0 Å². The van der Waals surface area contributed by atoms with Gasteiger partial charge in [-0.25, -0.2) is 12.8 Å². The van der Waals surface area contributed by atoms with E-state index >= 15 is 0 Å². The van der Waals surface area contributed by atoms with Gasteiger partial charge in [0, 0.05) is 43.2 Å². The minimum absolute atomic E-state index is 0.115. The largest absolute Gasteiger partial charge is 0.339 e. The standard InChI is InChI=1S/C23H28FN3O4S2/c1-16-5-6-19(14-20(16)24)25-22(28)17-7-11-27(12-8-17)33(30,31)21-13-18(15-32-21)23(29)26-9-3-2-4-10-26/h5-6,13-15,17H,2-4,7-12H2,1H3,(H,25,28). The first kappa shape index (κ1) is 23.8. The molecule has 0 aliphatic carbocycles. The minimum atomic E-state index is -3.72. The van der Waals surface area contributed by atoms with Gasteiger partial charge < -0.3 is 10.2 Å². The number of likely N-dealkylation sites (tertiary alicyclic amines) is 1. The number of thiophene rings is 1. The lowest BCUT2D eigenvalue weighted by Crippen LogP contribution is -2.41. The third kappa shape index (κ3) is 5.28. The van der Waals surface area contributed by atoms with Crippen LogP contribution in [-0.2, 0) is 14.8 Å². The molecule has 2 aliphatic heterocycles. The van der Waals surface area contributed by atoms with Crippen molar-refractivity contribution in [1.82, 2.24) is 9.21 Å². The first-order chi connectivity index (χ1) is 15.8. The van der Waals surface area contributed by atoms with Crippen molar-refractivity contribution < 1.29 is 22.4 Å². The third-order valence-electron chi connectivity index (χ3n) is 6.32. The number of aryl methyl sites for hydroxylation is 1. The molecule has 33 heavy (non-hydrogen) atoms. The Bertz CT molecular complexity index is 1130. The average Bonchev–Trinajstić information content (AvgIpc) is 3.33. The van der Waals surface area contributed by atoms with Crippen LogP contribution in [0.15, 0.2) is 33.9 Å². The van der Waals surface area contributed by atoms with Gasteiger partial charge in [-0.15, -0.1) is 11.3 Å². The summed E-state index contributed by atoms with van der Waals surface area (Å²) >= 11 is 1.06. The van der Waals surface area contributed by atoms with Crippen LogP contribution in [-0.4, -0.2) is 55.6 Å². The molecule has 2 aliphatic rings. The summed E-state index contributed by atoms with van der Waals surface area (Å²) in [7, 11) is -3.72. The van der Waals surface area contributed by atoms with E-state index in [0.29, 0.717) is 42.7 Å². The van der Waals surface area contributed by atoms with Gasteiger partial charge in [-0.3, -0.25) is 9.59 Å². The summed E-state index contributed by atoms with van der Waals surface area (Å²) in [5.41, 5.74) is 1.31. The van der Waals surface area contributed by atoms with Crippen molar-refractivity contribution in [3.05, 3.63) is 46.6 Å². The van der Waals surface area contributed by atoms with E-state index in [-0.39, 0.29) is 40.8 Å². The van der Waals surface area contributed by atoms with Crippen molar-refractivity contribution >= 4 is 38.9 Å². The van der Waals surface area contributed by atoms with Gasteiger partial charge >= 0.3 is 0 Å². The van der Waals surface area contributed by atoms with Crippen LogP contribution in [0.2, 0.25) is 0 Å². The van der Waals surface area contributed by atoms with Crippen LogP contribution < -0.4 is 5.32 Å². The van der Waals surface area contributed by atoms with Crippen LogP contribution >= 0.6 is 11.3 Å². The summed E-state index contributed by atoms with van der Waals surface area (Å²) < 4.78 is 41.5. The highest BCUT2D eigenvalue weighted by Gasteiger charge is 2.33. The Morgan fingerprint density at radius 2 is 1.76 bits per heavy atom. The molecule has 1 aromatic carbocycles. The molecule has 7 nitrogen and oxygen atoms in total. The van der Waals surface area contributed by atoms with Crippen molar-refractivity contribution in [1.29, 1.82) is 0 Å². The second-order valence-corrected chi connectivity index (χ2v) is 11.7. The quantitative estimate of drug-likeness (QED) is 0.685. The molecular formula is C23H28FN3O4S2. The summed E-state index contributed by atoms with van der Waals surface area (Å²) in [4.78, 5) is 27.0. The van der Waals surface area contributed by atoms with E-state index < -0.39 is 10.0 Å². The molecule has 4 rings (SSSR count). The highest BCUT2D eigenvalue weighted by molar-refractivity contribution is 7.91. The number of rotatable bonds is 5. The maximum atomic E-state index is 13.7. The molecule has 2 aromatic rings. The van der Waals surface area contributed by atoms with Gasteiger partial charge in [0.05, 0.1) is 5.56 Å². The van der Waals surface area contributed by atoms with Crippen LogP contribution in [0.3, 0.4) is 0 Å². The summed E-state index contributed by atoms with van der Waals surface area (Å²) in [6.45, 7) is 3.51. The number of hydrogen-bond donors (Lipinski definition) is 1. The number of amides is 2. The Morgan fingerprint density at radius 1 is 1.06 bits per heavy atom. The summed E-state index contributed by atoms with van der Waals surface area (Å²) in [6.07, 6.45) is 3.82. The van der Waals surface area contributed by atoms with Crippen molar-refractivity contribution in [2.45, 2.75) is 43.2 Å². The topological polar surface area (TPSA) is 86.8 Å². The van der Waals surface area contributed by atoms with Gasteiger partial charge in [-0.05, 0) is 62.8 Å². The molecule has 0 spiro atoms. The van der Waals surface area contributed by atoms with Crippen LogP contribution in [0, 0.1) is 18.7 Å². The third-order valence-corrected chi connectivity index (χ3v) is 9.64. The smallest absolute Gasteiger partial charge is 0.254 e. The molecule has 0 radical (unpaired) electrons. The van der Waals surface area contributed by atoms with Gasteiger partial charge in [-0.1, -0.05) is 6.07 Å². The van der Waals surface area contributed by atoms with Gasteiger partial charge in [0.15, 0.2) is 0 Å². The van der Waals surface area contributed by atoms with E-state index in [9.17, 15) is 22.4 Å². The molecule has 178 valence electrons. The number of hydrogen-bond acceptors (Lipinski definition) is 5.